The van der Waals surface area contributed by atoms with Crippen molar-refractivity contribution < 1.29 is 14.3 Å². The van der Waals surface area contributed by atoms with Crippen molar-refractivity contribution >= 4 is 11.4 Å². The van der Waals surface area contributed by atoms with Gasteiger partial charge in [-0.2, -0.15) is 0 Å². The van der Waals surface area contributed by atoms with E-state index >= 15 is 0 Å². The van der Waals surface area contributed by atoms with Crippen molar-refractivity contribution in [3.8, 4) is 0 Å². The number of hydrogen-bond acceptors (Lipinski definition) is 3. The van der Waals surface area contributed by atoms with Crippen molar-refractivity contribution in [3.05, 3.63) is 53.1 Å². The van der Waals surface area contributed by atoms with Crippen LogP contribution in [0.15, 0.2) is 42.0 Å². The quantitative estimate of drug-likeness (QED) is 0.782. The first-order valence-corrected chi connectivity index (χ1v) is 6.16. The van der Waals surface area contributed by atoms with Crippen LogP contribution in [-0.2, 0) is 14.3 Å². The van der Waals surface area contributed by atoms with Gasteiger partial charge in [-0.15, -0.1) is 0 Å². The van der Waals surface area contributed by atoms with Gasteiger partial charge in [-0.3, -0.25) is 4.79 Å². The molecule has 0 saturated heterocycles. The second kappa shape index (κ2) is 5.11. The summed E-state index contributed by atoms with van der Waals surface area (Å²) >= 11 is 0. The highest BCUT2D eigenvalue weighted by molar-refractivity contribution is 6.26. The minimum Gasteiger partial charge on any atom is -0.343 e. The lowest BCUT2D eigenvalue weighted by Gasteiger charge is -2.33. The summed E-state index contributed by atoms with van der Waals surface area (Å²) in [4.78, 5) is 12.6. The smallest absolute Gasteiger partial charge is 0.256 e. The molecule has 0 saturated carbocycles. The minimum absolute atomic E-state index is 0.165. The summed E-state index contributed by atoms with van der Waals surface area (Å²) in [7, 11) is 2.97. The zero-order valence-electron chi connectivity index (χ0n) is 11.7. The van der Waals surface area contributed by atoms with Crippen molar-refractivity contribution in [2.75, 3.05) is 14.2 Å². The van der Waals surface area contributed by atoms with Crippen LogP contribution in [0.1, 0.15) is 18.1 Å². The number of carbonyl (C=O) groups is 1. The lowest BCUT2D eigenvalue weighted by molar-refractivity contribution is -0.184. The molecular weight excluding hydrogens is 240 g/mol. The zero-order valence-corrected chi connectivity index (χ0v) is 11.7. The normalized spacial score (nSPS) is 18.0. The molecule has 0 radical (unpaired) electrons. The van der Waals surface area contributed by atoms with Gasteiger partial charge in [-0.1, -0.05) is 42.0 Å². The van der Waals surface area contributed by atoms with Crippen LogP contribution >= 0.6 is 0 Å². The summed E-state index contributed by atoms with van der Waals surface area (Å²) < 4.78 is 10.7. The van der Waals surface area contributed by atoms with E-state index in [0.29, 0.717) is 5.57 Å². The molecule has 0 aliphatic heterocycles. The molecule has 0 bridgehead atoms. The predicted molar refractivity (Wildman–Crippen MR) is 74.7 cm³/mol. The lowest BCUT2D eigenvalue weighted by Crippen LogP contribution is -2.45. The molecule has 1 aliphatic carbocycles. The average Bonchev–Trinajstić information content (AvgIpc) is 2.42. The second-order valence-electron chi connectivity index (χ2n) is 4.65. The Labute approximate surface area is 113 Å². The maximum atomic E-state index is 12.6. The topological polar surface area (TPSA) is 35.5 Å². The van der Waals surface area contributed by atoms with Gasteiger partial charge in [-0.25, -0.2) is 0 Å². The van der Waals surface area contributed by atoms with Gasteiger partial charge in [0.2, 0.25) is 5.78 Å². The van der Waals surface area contributed by atoms with E-state index in [9.17, 15) is 4.79 Å². The van der Waals surface area contributed by atoms with Gasteiger partial charge in [0.1, 0.15) is 0 Å². The molecular formula is C16H18O3. The summed E-state index contributed by atoms with van der Waals surface area (Å²) in [5.74, 6) is -1.46. The highest BCUT2D eigenvalue weighted by Gasteiger charge is 2.44. The SMILES string of the molecule is COC1(OC)C(=O)C(c2ccc(C)cc2)=CC=C1C. The molecule has 3 nitrogen and oxygen atoms in total. The summed E-state index contributed by atoms with van der Waals surface area (Å²) in [6, 6.07) is 7.83. The molecule has 1 aromatic carbocycles. The number of aryl methyl sites for hydroxylation is 1. The summed E-state index contributed by atoms with van der Waals surface area (Å²) in [6.45, 7) is 3.84. The van der Waals surface area contributed by atoms with Crippen LogP contribution in [0.5, 0.6) is 0 Å². The number of hydrogen-bond donors (Lipinski definition) is 0. The highest BCUT2D eigenvalue weighted by atomic mass is 16.7. The zero-order chi connectivity index (χ0) is 14.0. The van der Waals surface area contributed by atoms with Crippen LogP contribution in [0.4, 0.5) is 0 Å². The largest absolute Gasteiger partial charge is 0.343 e. The molecule has 0 fully saturated rings. The fraction of sp³-hybridized carbons (Fsp3) is 0.312. The number of allylic oxidation sites excluding steroid dienone is 2. The standard InChI is InChI=1S/C16H18O3/c1-11-5-8-13(9-6-11)14-10-7-12(2)16(18-3,19-4)15(14)17/h5-10H,1-4H3. The van der Waals surface area contributed by atoms with Crippen molar-refractivity contribution in [1.29, 1.82) is 0 Å². The molecule has 1 aliphatic rings. The van der Waals surface area contributed by atoms with Crippen LogP contribution in [0.25, 0.3) is 5.57 Å². The number of Topliss-reactive ketones (excluding diaryl/α,β-unsaturated/α-hetero) is 1. The van der Waals surface area contributed by atoms with E-state index in [1.165, 1.54) is 14.2 Å². The first-order chi connectivity index (χ1) is 9.05. The van der Waals surface area contributed by atoms with Gasteiger partial charge >= 0.3 is 0 Å². The van der Waals surface area contributed by atoms with Gasteiger partial charge in [0.25, 0.3) is 5.79 Å². The average molecular weight is 258 g/mol. The minimum atomic E-state index is -1.30. The molecule has 1 aromatic rings. The van der Waals surface area contributed by atoms with Crippen LogP contribution in [0, 0.1) is 6.92 Å². The van der Waals surface area contributed by atoms with Gasteiger partial charge in [0.15, 0.2) is 0 Å². The fourth-order valence-corrected chi connectivity index (χ4v) is 2.30. The van der Waals surface area contributed by atoms with Crippen molar-refractivity contribution in [1.82, 2.24) is 0 Å². The van der Waals surface area contributed by atoms with E-state index < -0.39 is 5.79 Å². The van der Waals surface area contributed by atoms with E-state index in [2.05, 4.69) is 0 Å². The fourth-order valence-electron chi connectivity index (χ4n) is 2.30. The molecule has 2 rings (SSSR count). The Kier molecular flexibility index (Phi) is 3.69. The van der Waals surface area contributed by atoms with E-state index in [1.54, 1.807) is 0 Å². The van der Waals surface area contributed by atoms with Crippen molar-refractivity contribution in [2.45, 2.75) is 19.6 Å². The molecule has 3 heteroatoms. The molecule has 0 spiro atoms. The van der Waals surface area contributed by atoms with Gasteiger partial charge in [0.05, 0.1) is 0 Å². The second-order valence-corrected chi connectivity index (χ2v) is 4.65. The van der Waals surface area contributed by atoms with E-state index in [-0.39, 0.29) is 5.78 Å². The first kappa shape index (κ1) is 13.7. The Morgan fingerprint density at radius 2 is 1.53 bits per heavy atom. The van der Waals surface area contributed by atoms with Crippen molar-refractivity contribution in [2.24, 2.45) is 0 Å². The molecule has 19 heavy (non-hydrogen) atoms. The molecule has 0 atom stereocenters. The number of ketones is 1. The molecule has 0 aromatic heterocycles. The molecule has 0 amide bonds. The third kappa shape index (κ3) is 2.15. The number of benzene rings is 1. The molecule has 0 N–H and O–H groups in total. The molecule has 0 unspecified atom stereocenters. The van der Waals surface area contributed by atoms with E-state index in [0.717, 1.165) is 16.7 Å². The van der Waals surface area contributed by atoms with Crippen LogP contribution < -0.4 is 0 Å². The van der Waals surface area contributed by atoms with Gasteiger partial charge in [0, 0.05) is 19.8 Å². The number of ether oxygens (including phenoxy) is 2. The predicted octanol–water partition coefficient (Wildman–Crippen LogP) is 2.90. The Morgan fingerprint density at radius 1 is 0.947 bits per heavy atom. The maximum absolute atomic E-state index is 12.6. The Hall–Kier alpha value is -1.71. The Balaban J connectivity index is 2.49. The lowest BCUT2D eigenvalue weighted by atomic mass is 9.87. The number of rotatable bonds is 3. The number of methoxy groups -OCH3 is 2. The van der Waals surface area contributed by atoms with Crippen molar-refractivity contribution in [3.63, 3.8) is 0 Å². The third-order valence-electron chi connectivity index (χ3n) is 3.50. The Bertz CT molecular complexity index is 546. The highest BCUT2D eigenvalue weighted by Crippen LogP contribution is 2.34. The van der Waals surface area contributed by atoms with E-state index in [1.807, 2.05) is 50.3 Å². The van der Waals surface area contributed by atoms with Crippen LogP contribution in [0.2, 0.25) is 0 Å². The number of carbonyl (C=O) groups excluding carboxylic acids is 1. The Morgan fingerprint density at radius 3 is 2.05 bits per heavy atom. The maximum Gasteiger partial charge on any atom is 0.256 e. The summed E-state index contributed by atoms with van der Waals surface area (Å²) in [5, 5.41) is 0. The van der Waals surface area contributed by atoms with Crippen LogP contribution in [-0.4, -0.2) is 25.8 Å². The summed E-state index contributed by atoms with van der Waals surface area (Å²) in [6.07, 6.45) is 3.68. The molecule has 0 heterocycles. The first-order valence-electron chi connectivity index (χ1n) is 6.16. The monoisotopic (exact) mass is 258 g/mol. The van der Waals surface area contributed by atoms with Crippen LogP contribution in [0.3, 0.4) is 0 Å². The van der Waals surface area contributed by atoms with Gasteiger partial charge in [-0.05, 0) is 25.0 Å². The van der Waals surface area contributed by atoms with E-state index in [4.69, 9.17) is 9.47 Å². The molecule has 100 valence electrons. The third-order valence-corrected chi connectivity index (χ3v) is 3.50. The van der Waals surface area contributed by atoms with Gasteiger partial charge < -0.3 is 9.47 Å². The summed E-state index contributed by atoms with van der Waals surface area (Å²) in [5.41, 5.74) is 3.38.